The molecule has 0 radical (unpaired) electrons. The van der Waals surface area contributed by atoms with Crippen LogP contribution >= 0.6 is 0 Å². The largest absolute Gasteiger partial charge is 0.374 e. The Hall–Kier alpha value is -0.610. The van der Waals surface area contributed by atoms with Gasteiger partial charge in [-0.25, -0.2) is 0 Å². The average molecular weight is 282 g/mol. The predicted molar refractivity (Wildman–Crippen MR) is 80.4 cm³/mol. The Kier molecular flexibility index (Phi) is 6.30. The van der Waals surface area contributed by atoms with Gasteiger partial charge in [0.25, 0.3) is 0 Å². The summed E-state index contributed by atoms with van der Waals surface area (Å²) < 4.78 is 5.77. The maximum Gasteiger partial charge on any atom is 0.222 e. The van der Waals surface area contributed by atoms with E-state index in [9.17, 15) is 4.79 Å². The predicted octanol–water partition coefficient (Wildman–Crippen LogP) is 2.31. The first-order valence-electron chi connectivity index (χ1n) is 8.37. The molecule has 116 valence electrons. The molecule has 0 aromatic rings. The van der Waals surface area contributed by atoms with Gasteiger partial charge in [-0.05, 0) is 44.6 Å². The Labute approximate surface area is 123 Å². The summed E-state index contributed by atoms with van der Waals surface area (Å²) in [5.74, 6) is 0.956. The molecule has 2 aliphatic rings. The van der Waals surface area contributed by atoms with Gasteiger partial charge >= 0.3 is 0 Å². The molecule has 1 saturated heterocycles. The molecule has 0 bridgehead atoms. The summed E-state index contributed by atoms with van der Waals surface area (Å²) in [5, 5.41) is 0. The van der Waals surface area contributed by atoms with Crippen LogP contribution in [0, 0.1) is 5.92 Å². The zero-order chi connectivity index (χ0) is 14.4. The molecule has 4 nitrogen and oxygen atoms in total. The lowest BCUT2D eigenvalue weighted by Gasteiger charge is -2.38. The fourth-order valence-corrected chi connectivity index (χ4v) is 3.78. The van der Waals surface area contributed by atoms with Crippen LogP contribution < -0.4 is 5.73 Å². The lowest BCUT2D eigenvalue weighted by atomic mass is 9.94. The molecule has 2 rings (SSSR count). The summed E-state index contributed by atoms with van der Waals surface area (Å²) >= 11 is 0. The monoisotopic (exact) mass is 282 g/mol. The maximum absolute atomic E-state index is 12.5. The summed E-state index contributed by atoms with van der Waals surface area (Å²) in [6, 6.07) is 0.357. The summed E-state index contributed by atoms with van der Waals surface area (Å²) in [5.41, 5.74) is 5.67. The van der Waals surface area contributed by atoms with Crippen molar-refractivity contribution in [3.05, 3.63) is 0 Å². The Morgan fingerprint density at radius 2 is 2.20 bits per heavy atom. The standard InChI is InChI=1S/C16H30N2O2/c1-2-4-13(9-10-17)7-8-16(19)18-11-12-20-15-6-3-5-14(15)18/h13-15H,2-12,17H2,1H3. The third-order valence-electron chi connectivity index (χ3n) is 4.84. The minimum absolute atomic E-state index is 0.309. The summed E-state index contributed by atoms with van der Waals surface area (Å²) in [6.45, 7) is 4.45. The first-order valence-corrected chi connectivity index (χ1v) is 8.37. The number of rotatable bonds is 7. The third kappa shape index (κ3) is 3.95. The van der Waals surface area contributed by atoms with E-state index >= 15 is 0 Å². The smallest absolute Gasteiger partial charge is 0.222 e. The minimum Gasteiger partial charge on any atom is -0.374 e. The molecule has 4 heteroatoms. The highest BCUT2D eigenvalue weighted by Crippen LogP contribution is 2.30. The lowest BCUT2D eigenvalue weighted by Crippen LogP contribution is -2.51. The van der Waals surface area contributed by atoms with E-state index in [1.807, 2.05) is 0 Å². The highest BCUT2D eigenvalue weighted by atomic mass is 16.5. The van der Waals surface area contributed by atoms with Crippen LogP contribution in [0.5, 0.6) is 0 Å². The van der Waals surface area contributed by atoms with Crippen LogP contribution in [0.1, 0.15) is 58.3 Å². The van der Waals surface area contributed by atoms with Crippen LogP contribution in [0.4, 0.5) is 0 Å². The number of morpholine rings is 1. The minimum atomic E-state index is 0.309. The molecule has 20 heavy (non-hydrogen) atoms. The number of fused-ring (bicyclic) bond motifs is 1. The third-order valence-corrected chi connectivity index (χ3v) is 4.84. The summed E-state index contributed by atoms with van der Waals surface area (Å²) in [7, 11) is 0. The first kappa shape index (κ1) is 15.8. The number of hydrogen-bond acceptors (Lipinski definition) is 3. The van der Waals surface area contributed by atoms with Crippen molar-refractivity contribution in [3.63, 3.8) is 0 Å². The Balaban J connectivity index is 1.81. The number of hydrogen-bond donors (Lipinski definition) is 1. The van der Waals surface area contributed by atoms with Gasteiger partial charge < -0.3 is 15.4 Å². The lowest BCUT2D eigenvalue weighted by molar-refractivity contribution is -0.144. The molecule has 0 aromatic heterocycles. The van der Waals surface area contributed by atoms with Gasteiger partial charge in [0.05, 0.1) is 18.8 Å². The molecule has 1 aliphatic carbocycles. The molecule has 0 aromatic carbocycles. The first-order chi connectivity index (χ1) is 9.76. The zero-order valence-electron chi connectivity index (χ0n) is 12.9. The quantitative estimate of drug-likeness (QED) is 0.779. The average Bonchev–Trinajstić information content (AvgIpc) is 2.93. The number of carbonyl (C=O) groups excluding carboxylic acids is 1. The second kappa shape index (κ2) is 7.99. The normalized spacial score (nSPS) is 27.4. The molecule has 1 saturated carbocycles. The van der Waals surface area contributed by atoms with Crippen molar-refractivity contribution in [1.29, 1.82) is 0 Å². The van der Waals surface area contributed by atoms with Crippen molar-refractivity contribution in [1.82, 2.24) is 4.90 Å². The molecule has 3 atom stereocenters. The second-order valence-corrected chi connectivity index (χ2v) is 6.27. The highest BCUT2D eigenvalue weighted by Gasteiger charge is 2.38. The molecule has 2 fully saturated rings. The fraction of sp³-hybridized carbons (Fsp3) is 0.938. The van der Waals surface area contributed by atoms with E-state index in [-0.39, 0.29) is 0 Å². The molecular weight excluding hydrogens is 252 g/mol. The number of ether oxygens (including phenoxy) is 1. The van der Waals surface area contributed by atoms with Crippen molar-refractivity contribution in [2.45, 2.75) is 70.4 Å². The van der Waals surface area contributed by atoms with Crippen LogP contribution in [0.2, 0.25) is 0 Å². The van der Waals surface area contributed by atoms with Gasteiger partial charge in [0.2, 0.25) is 5.91 Å². The van der Waals surface area contributed by atoms with Crippen LogP contribution in [0.3, 0.4) is 0 Å². The van der Waals surface area contributed by atoms with Crippen molar-refractivity contribution in [2.24, 2.45) is 11.7 Å². The van der Waals surface area contributed by atoms with Gasteiger partial charge in [0.1, 0.15) is 0 Å². The van der Waals surface area contributed by atoms with Gasteiger partial charge in [0, 0.05) is 13.0 Å². The summed E-state index contributed by atoms with van der Waals surface area (Å²) in [4.78, 5) is 14.6. The van der Waals surface area contributed by atoms with Crippen molar-refractivity contribution in [2.75, 3.05) is 19.7 Å². The molecule has 3 unspecified atom stereocenters. The molecule has 1 amide bonds. The van der Waals surface area contributed by atoms with Gasteiger partial charge in [-0.2, -0.15) is 0 Å². The molecule has 2 N–H and O–H groups in total. The van der Waals surface area contributed by atoms with Crippen LogP contribution in [-0.4, -0.2) is 42.6 Å². The summed E-state index contributed by atoms with van der Waals surface area (Å²) in [6.07, 6.45) is 8.87. The van der Waals surface area contributed by atoms with Crippen molar-refractivity contribution < 1.29 is 9.53 Å². The van der Waals surface area contributed by atoms with Gasteiger partial charge in [-0.3, -0.25) is 4.79 Å². The number of amides is 1. The van der Waals surface area contributed by atoms with E-state index in [1.54, 1.807) is 0 Å². The Morgan fingerprint density at radius 3 is 2.95 bits per heavy atom. The molecule has 1 aliphatic heterocycles. The van der Waals surface area contributed by atoms with Gasteiger partial charge in [-0.15, -0.1) is 0 Å². The van der Waals surface area contributed by atoms with Crippen molar-refractivity contribution in [3.8, 4) is 0 Å². The van der Waals surface area contributed by atoms with Crippen LogP contribution in [0.15, 0.2) is 0 Å². The highest BCUT2D eigenvalue weighted by molar-refractivity contribution is 5.76. The van der Waals surface area contributed by atoms with E-state index in [4.69, 9.17) is 10.5 Å². The van der Waals surface area contributed by atoms with Gasteiger partial charge in [0.15, 0.2) is 0 Å². The van der Waals surface area contributed by atoms with E-state index in [1.165, 1.54) is 19.3 Å². The van der Waals surface area contributed by atoms with Gasteiger partial charge in [-0.1, -0.05) is 19.8 Å². The van der Waals surface area contributed by atoms with E-state index in [0.29, 0.717) is 37.0 Å². The second-order valence-electron chi connectivity index (χ2n) is 6.27. The van der Waals surface area contributed by atoms with Crippen molar-refractivity contribution >= 4 is 5.91 Å². The van der Waals surface area contributed by atoms with E-state index in [2.05, 4.69) is 11.8 Å². The van der Waals surface area contributed by atoms with E-state index < -0.39 is 0 Å². The topological polar surface area (TPSA) is 55.6 Å². The van der Waals surface area contributed by atoms with E-state index in [0.717, 1.165) is 38.8 Å². The van der Waals surface area contributed by atoms with Crippen LogP contribution in [0.25, 0.3) is 0 Å². The number of nitrogens with two attached hydrogens (primary N) is 1. The Morgan fingerprint density at radius 1 is 1.35 bits per heavy atom. The zero-order valence-corrected chi connectivity index (χ0v) is 12.9. The molecular formula is C16H30N2O2. The number of carbonyl (C=O) groups is 1. The SMILES string of the molecule is CCCC(CCN)CCC(=O)N1CCOC2CCCC21. The maximum atomic E-state index is 12.5. The number of nitrogens with zero attached hydrogens (tertiary/aromatic N) is 1. The fourth-order valence-electron chi connectivity index (χ4n) is 3.78. The molecule has 0 spiro atoms. The van der Waals surface area contributed by atoms with Crippen LogP contribution in [-0.2, 0) is 9.53 Å². The molecule has 1 heterocycles. The Bertz CT molecular complexity index is 303.